The van der Waals surface area contributed by atoms with Gasteiger partial charge >= 0.3 is 0 Å². The first-order valence-electron chi connectivity index (χ1n) is 5.08. The highest BCUT2D eigenvalue weighted by atomic mass is 16.3. The van der Waals surface area contributed by atoms with Gasteiger partial charge in [0.05, 0.1) is 17.4 Å². The van der Waals surface area contributed by atoms with Gasteiger partial charge in [0.2, 0.25) is 11.8 Å². The Labute approximate surface area is 81.7 Å². The molecule has 4 heteroatoms. The molecule has 76 valence electrons. The zero-order chi connectivity index (χ0) is 10.1. The van der Waals surface area contributed by atoms with Crippen LogP contribution in [0.15, 0.2) is 0 Å². The molecule has 2 aliphatic carbocycles. The van der Waals surface area contributed by atoms with E-state index >= 15 is 0 Å². The van der Waals surface area contributed by atoms with E-state index in [2.05, 4.69) is 5.32 Å². The second-order valence-electron chi connectivity index (χ2n) is 5.07. The molecule has 0 spiro atoms. The fourth-order valence-corrected chi connectivity index (χ4v) is 3.71. The Bertz CT molecular complexity index is 336. The van der Waals surface area contributed by atoms with Gasteiger partial charge in [-0.25, -0.2) is 0 Å². The van der Waals surface area contributed by atoms with Crippen molar-refractivity contribution < 1.29 is 14.7 Å². The highest BCUT2D eigenvalue weighted by Crippen LogP contribution is 2.58. The topological polar surface area (TPSA) is 66.4 Å². The maximum Gasteiger partial charge on any atom is 0.230 e. The fraction of sp³-hybridized carbons (Fsp3) is 0.800. The maximum atomic E-state index is 11.5. The summed E-state index contributed by atoms with van der Waals surface area (Å²) < 4.78 is 0. The van der Waals surface area contributed by atoms with E-state index in [1.165, 1.54) is 0 Å². The Balaban J connectivity index is 2.02. The normalized spacial score (nSPS) is 55.0. The molecule has 4 nitrogen and oxygen atoms in total. The molecule has 0 aromatic rings. The lowest BCUT2D eigenvalue weighted by molar-refractivity contribution is -0.128. The van der Waals surface area contributed by atoms with E-state index in [0.29, 0.717) is 6.42 Å². The summed E-state index contributed by atoms with van der Waals surface area (Å²) in [6.45, 7) is 1.78. The Morgan fingerprint density at radius 2 is 2.00 bits per heavy atom. The number of hydrogen-bond donors (Lipinski definition) is 2. The average molecular weight is 195 g/mol. The number of carbonyl (C=O) groups is 2. The van der Waals surface area contributed by atoms with Gasteiger partial charge in [-0.15, -0.1) is 0 Å². The number of hydrogen-bond acceptors (Lipinski definition) is 3. The van der Waals surface area contributed by atoms with Crippen LogP contribution in [0.25, 0.3) is 0 Å². The molecule has 3 rings (SSSR count). The molecule has 0 aromatic heterocycles. The van der Waals surface area contributed by atoms with Crippen LogP contribution in [0.5, 0.6) is 0 Å². The van der Waals surface area contributed by atoms with E-state index < -0.39 is 5.60 Å². The monoisotopic (exact) mass is 195 g/mol. The minimum absolute atomic E-state index is 0.0102. The number of carbonyl (C=O) groups excluding carboxylic acids is 2. The molecular formula is C10H13NO3. The molecule has 3 fully saturated rings. The number of fused-ring (bicyclic) bond motifs is 5. The molecule has 1 heterocycles. The van der Waals surface area contributed by atoms with E-state index in [9.17, 15) is 14.7 Å². The maximum absolute atomic E-state index is 11.5. The van der Waals surface area contributed by atoms with Crippen LogP contribution in [0.4, 0.5) is 0 Å². The number of aliphatic hydroxyl groups is 1. The Morgan fingerprint density at radius 1 is 1.36 bits per heavy atom. The molecule has 0 unspecified atom stereocenters. The number of nitrogens with one attached hydrogen (secondary N) is 1. The van der Waals surface area contributed by atoms with E-state index in [-0.39, 0.29) is 35.5 Å². The predicted octanol–water partition coefficient (Wildman–Crippen LogP) is -0.334. The summed E-state index contributed by atoms with van der Waals surface area (Å²) in [5.41, 5.74) is -0.742. The van der Waals surface area contributed by atoms with Crippen LogP contribution in [0, 0.1) is 23.7 Å². The zero-order valence-corrected chi connectivity index (χ0v) is 7.99. The third-order valence-electron chi connectivity index (χ3n) is 4.21. The van der Waals surface area contributed by atoms with Gasteiger partial charge in [-0.05, 0) is 25.7 Å². The van der Waals surface area contributed by atoms with Gasteiger partial charge in [0, 0.05) is 5.92 Å². The quantitative estimate of drug-likeness (QED) is 0.520. The molecule has 2 saturated carbocycles. The second-order valence-corrected chi connectivity index (χ2v) is 5.07. The predicted molar refractivity (Wildman–Crippen MR) is 47.0 cm³/mol. The lowest BCUT2D eigenvalue weighted by Gasteiger charge is -2.33. The summed E-state index contributed by atoms with van der Waals surface area (Å²) >= 11 is 0. The van der Waals surface area contributed by atoms with Gasteiger partial charge in [-0.1, -0.05) is 0 Å². The smallest absolute Gasteiger partial charge is 0.230 e. The minimum atomic E-state index is -0.742. The Morgan fingerprint density at radius 3 is 2.71 bits per heavy atom. The van der Waals surface area contributed by atoms with Crippen molar-refractivity contribution >= 4 is 11.8 Å². The lowest BCUT2D eigenvalue weighted by atomic mass is 9.73. The first kappa shape index (κ1) is 8.41. The first-order chi connectivity index (χ1) is 6.50. The van der Waals surface area contributed by atoms with Crippen LogP contribution in [-0.4, -0.2) is 22.5 Å². The van der Waals surface area contributed by atoms with Crippen molar-refractivity contribution in [1.82, 2.24) is 5.32 Å². The van der Waals surface area contributed by atoms with Crippen molar-refractivity contribution in [3.05, 3.63) is 0 Å². The van der Waals surface area contributed by atoms with Crippen LogP contribution in [0.3, 0.4) is 0 Å². The molecule has 1 saturated heterocycles. The van der Waals surface area contributed by atoms with Gasteiger partial charge in [0.25, 0.3) is 0 Å². The van der Waals surface area contributed by atoms with Gasteiger partial charge in [0.1, 0.15) is 0 Å². The van der Waals surface area contributed by atoms with Gasteiger partial charge in [0.15, 0.2) is 0 Å². The van der Waals surface area contributed by atoms with Crippen molar-refractivity contribution in [1.29, 1.82) is 0 Å². The van der Waals surface area contributed by atoms with Crippen molar-refractivity contribution in [2.75, 3.05) is 0 Å². The summed E-state index contributed by atoms with van der Waals surface area (Å²) in [6, 6.07) is 0. The lowest BCUT2D eigenvalue weighted by Crippen LogP contribution is -2.41. The molecule has 3 aliphatic rings. The summed E-state index contributed by atoms with van der Waals surface area (Å²) in [5, 5.41) is 12.4. The van der Waals surface area contributed by atoms with Gasteiger partial charge in [-0.3, -0.25) is 14.9 Å². The minimum Gasteiger partial charge on any atom is -0.390 e. The van der Waals surface area contributed by atoms with Crippen molar-refractivity contribution in [2.24, 2.45) is 23.7 Å². The SMILES string of the molecule is C[C@@]1(O)C[C@H]2C[C@@H]1[C@@H]1C(=O)NC(=O)[C@H]21. The second kappa shape index (κ2) is 2.19. The molecule has 2 bridgehead atoms. The molecule has 2 N–H and O–H groups in total. The van der Waals surface area contributed by atoms with Crippen molar-refractivity contribution in [3.8, 4) is 0 Å². The van der Waals surface area contributed by atoms with Gasteiger partial charge in [-0.2, -0.15) is 0 Å². The summed E-state index contributed by atoms with van der Waals surface area (Å²) in [5.74, 6) is -0.491. The first-order valence-corrected chi connectivity index (χ1v) is 5.08. The third kappa shape index (κ3) is 0.780. The van der Waals surface area contributed by atoms with Crippen LogP contribution in [0.1, 0.15) is 19.8 Å². The van der Waals surface area contributed by atoms with E-state index in [1.54, 1.807) is 6.92 Å². The molecular weight excluding hydrogens is 182 g/mol. The van der Waals surface area contributed by atoms with Crippen molar-refractivity contribution in [3.63, 3.8) is 0 Å². The largest absolute Gasteiger partial charge is 0.390 e. The molecule has 0 radical (unpaired) electrons. The third-order valence-corrected chi connectivity index (χ3v) is 4.21. The number of imide groups is 1. The van der Waals surface area contributed by atoms with Gasteiger partial charge < -0.3 is 5.11 Å². The highest BCUT2D eigenvalue weighted by molar-refractivity contribution is 6.06. The summed E-state index contributed by atoms with van der Waals surface area (Å²) in [7, 11) is 0. The van der Waals surface area contributed by atoms with Crippen LogP contribution in [-0.2, 0) is 9.59 Å². The molecule has 14 heavy (non-hydrogen) atoms. The molecule has 5 atom stereocenters. The van der Waals surface area contributed by atoms with E-state index in [4.69, 9.17) is 0 Å². The van der Waals surface area contributed by atoms with Crippen LogP contribution < -0.4 is 5.32 Å². The number of amides is 2. The summed E-state index contributed by atoms with van der Waals surface area (Å²) in [6.07, 6.45) is 1.50. The van der Waals surface area contributed by atoms with Crippen LogP contribution in [0.2, 0.25) is 0 Å². The average Bonchev–Trinajstić information content (AvgIpc) is 2.62. The standard InChI is InChI=1S/C10H13NO3/c1-10(14)3-4-2-5(10)7-6(4)8(12)11-9(7)13/h4-7,14H,2-3H2,1H3,(H,11,12,13)/t4-,5-,6-,7+,10-/m1/s1. The number of rotatable bonds is 0. The fourth-order valence-electron chi connectivity index (χ4n) is 3.71. The van der Waals surface area contributed by atoms with Crippen LogP contribution >= 0.6 is 0 Å². The summed E-state index contributed by atoms with van der Waals surface area (Å²) in [4.78, 5) is 23.0. The molecule has 1 aliphatic heterocycles. The molecule has 2 amide bonds. The Hall–Kier alpha value is -0.900. The Kier molecular flexibility index (Phi) is 1.31. The van der Waals surface area contributed by atoms with E-state index in [0.717, 1.165) is 6.42 Å². The molecule has 0 aromatic carbocycles. The zero-order valence-electron chi connectivity index (χ0n) is 7.99. The van der Waals surface area contributed by atoms with E-state index in [1.807, 2.05) is 0 Å². The highest BCUT2D eigenvalue weighted by Gasteiger charge is 2.64. The van der Waals surface area contributed by atoms with Crippen molar-refractivity contribution in [2.45, 2.75) is 25.4 Å².